The number of thiophene rings is 6. The predicted octanol–water partition coefficient (Wildman–Crippen LogP) is 26.1. The van der Waals surface area contributed by atoms with Crippen molar-refractivity contribution in [3.63, 3.8) is 0 Å². The van der Waals surface area contributed by atoms with Crippen molar-refractivity contribution >= 4 is 239 Å². The fourth-order valence-electron chi connectivity index (χ4n) is 17.2. The van der Waals surface area contributed by atoms with Crippen LogP contribution in [0.5, 0.6) is 0 Å². The number of carbonyl (C=O) groups excluding carboxylic acids is 4. The molecular formula is C117H99Br2LiN10O13S6. The first-order chi connectivity index (χ1) is 71.2. The van der Waals surface area contributed by atoms with Crippen LogP contribution in [0, 0.1) is 74.9 Å². The number of carbonyl (C=O) groups is 6. The van der Waals surface area contributed by atoms with Gasteiger partial charge in [-0.3, -0.25) is 58.7 Å². The molecule has 0 aliphatic heterocycles. The van der Waals surface area contributed by atoms with E-state index in [-0.39, 0.29) is 66.0 Å². The molecule has 149 heavy (non-hydrogen) atoms. The van der Waals surface area contributed by atoms with E-state index in [1.807, 2.05) is 268 Å². The molecular weight excluding hydrogens is 2110 g/mol. The third kappa shape index (κ3) is 26.7. The number of aryl methyl sites for hydroxylation is 1. The smallest absolute Gasteiger partial charge is 0.870 e. The van der Waals surface area contributed by atoms with Crippen LogP contribution in [-0.2, 0) is 86.2 Å². The minimum Gasteiger partial charge on any atom is -0.870 e. The molecule has 12 aromatic heterocycles. The van der Waals surface area contributed by atoms with Crippen LogP contribution in [0.4, 0.5) is 0 Å². The molecule has 0 saturated heterocycles. The fourth-order valence-corrected chi connectivity index (χ4v) is 25.7. The van der Waals surface area contributed by atoms with Gasteiger partial charge in [0.1, 0.15) is 0 Å². The van der Waals surface area contributed by atoms with Gasteiger partial charge in [0, 0.05) is 199 Å². The first-order valence-electron chi connectivity index (χ1n) is 47.5. The number of esters is 4. The molecule has 5 atom stereocenters. The van der Waals surface area contributed by atoms with Gasteiger partial charge in [0.15, 0.2) is 0 Å². The molecule has 3 N–H and O–H groups in total. The second-order valence-corrected chi connectivity index (χ2v) is 43.3. The number of fused-ring (bicyclic) bond motifs is 10. The van der Waals surface area contributed by atoms with Crippen molar-refractivity contribution in [3.8, 4) is 68.8 Å². The van der Waals surface area contributed by atoms with E-state index >= 15 is 0 Å². The molecule has 0 bridgehead atoms. The van der Waals surface area contributed by atoms with Crippen molar-refractivity contribution in [1.29, 1.82) is 21.0 Å². The Morgan fingerprint density at radius 3 is 0.765 bits per heavy atom. The molecule has 20 rings (SSSR count). The second kappa shape index (κ2) is 52.6. The summed E-state index contributed by atoms with van der Waals surface area (Å²) in [4.78, 5) is 102. The van der Waals surface area contributed by atoms with Crippen LogP contribution in [0.25, 0.3) is 148 Å². The Morgan fingerprint density at radius 1 is 0.302 bits per heavy atom. The summed E-state index contributed by atoms with van der Waals surface area (Å²) in [5.74, 6) is -3.50. The number of carboxylic acids is 2. The molecule has 0 radical (unpaired) electrons. The van der Waals surface area contributed by atoms with E-state index in [1.54, 1.807) is 94.3 Å². The van der Waals surface area contributed by atoms with E-state index < -0.39 is 23.8 Å². The number of aromatic nitrogens is 6. The SMILES string of the molecule is CCOC(=O)C(C)Cc1cc2cncc(Br)c2s1.CCOC(=O)CCc1cc2cncc(Br)c2s1.CCOC(=O)[C@@H](C)Cc1cc2cncc(-c3ccc(C#N)c4ccccc34)c2s1.CCOC(=O)[C@H](C)Cc1cc2cncc(-c3ccc(C#N)c4ccccc34)c2s1.C[C@@H](Cc1cc2cncc(-c3ccc(C#N)c4ccccc34)c2s1)C(=O)O.C[C@H](Cc1cc2cncc(-c3ccc(C#N)c4ccccc34)c2s1)C(=O)O.[Li+].[OH-]. The number of pyridine rings is 6. The van der Waals surface area contributed by atoms with Crippen molar-refractivity contribution < 1.29 is 82.3 Å². The van der Waals surface area contributed by atoms with Crippen molar-refractivity contribution in [2.75, 3.05) is 26.4 Å². The second-order valence-electron chi connectivity index (χ2n) is 34.8. The summed E-state index contributed by atoms with van der Waals surface area (Å²) in [6, 6.07) is 68.5. The Hall–Kier alpha value is -14.2. The summed E-state index contributed by atoms with van der Waals surface area (Å²) in [5.41, 5.74) is 10.9. The molecule has 32 heteroatoms. The monoisotopic (exact) mass is 2210 g/mol. The van der Waals surface area contributed by atoms with Gasteiger partial charge in [0.25, 0.3) is 0 Å². The quantitative estimate of drug-likeness (QED) is 0.0289. The molecule has 8 aromatic carbocycles. The summed E-state index contributed by atoms with van der Waals surface area (Å²) in [6.07, 6.45) is 26.2. The van der Waals surface area contributed by atoms with Crippen LogP contribution in [-0.4, -0.2) is 108 Å². The number of halogens is 2. The number of nitrogens with zero attached hydrogens (tertiary/aromatic N) is 10. The van der Waals surface area contributed by atoms with Gasteiger partial charge in [-0.15, -0.1) is 68.0 Å². The van der Waals surface area contributed by atoms with Crippen LogP contribution in [0.15, 0.2) is 265 Å². The number of nitriles is 4. The third-order valence-electron chi connectivity index (χ3n) is 24.4. The van der Waals surface area contributed by atoms with Gasteiger partial charge in [-0.25, -0.2) is 0 Å². The fraction of sp³-hybridized carbons (Fsp3) is 0.214. The number of benzene rings is 8. The Morgan fingerprint density at radius 2 is 0.523 bits per heavy atom. The molecule has 0 spiro atoms. The topological polar surface area (TPSA) is 382 Å². The summed E-state index contributed by atoms with van der Waals surface area (Å²) < 4.78 is 29.0. The molecule has 0 amide bonds. The Labute approximate surface area is 913 Å². The number of hydrogen-bond donors (Lipinski definition) is 2. The maximum atomic E-state index is 12.0. The molecule has 23 nitrogen and oxygen atoms in total. The zero-order valence-corrected chi connectivity index (χ0v) is 91.1. The molecule has 12 heterocycles. The van der Waals surface area contributed by atoms with E-state index in [0.717, 1.165) is 174 Å². The van der Waals surface area contributed by atoms with Crippen molar-refractivity contribution in [1.82, 2.24) is 29.9 Å². The van der Waals surface area contributed by atoms with Gasteiger partial charge >= 0.3 is 54.7 Å². The van der Waals surface area contributed by atoms with Gasteiger partial charge in [0.2, 0.25) is 0 Å². The molecule has 0 saturated carbocycles. The van der Waals surface area contributed by atoms with E-state index in [9.17, 15) is 60.0 Å². The minimum absolute atomic E-state index is 0. The Kier molecular flexibility index (Phi) is 39.5. The van der Waals surface area contributed by atoms with Crippen molar-refractivity contribution in [2.24, 2.45) is 29.6 Å². The standard InChI is InChI=1S/2C24H20N2O2S.2C22H16N2O2S.C13H14BrNO2S.C12H12BrNO2S.Li.H2O/c2*1-3-28-24(27)15(2)10-18-11-17-13-26-14-22(23(17)29-18)21-9-8-16(12-25)19-6-4-5-7-20(19)21;2*1-13(22(25)26)8-16-9-15-11-24-12-20(21(15)27-16)19-7-6-14(10-23)17-4-2-3-5-18(17)19;1-3-17-13(16)8(2)4-10-5-9-6-15-7-11(14)12(9)18-10;1-2-16-11(15)4-3-9-5-8-6-14-7-10(13)12(8)17-9;;/h2*4-9,11,13-15H,3,10H2,1-2H3;2*2-7,9,11-13H,8H2,1H3,(H,25,26);5-8H,3-4H2,1-2H3;5-7H,2-4H2,1H3;;1H2/q;;;;;;+1;/p-1/t2*15-;2*13-;;;;/m1010..../s1. The van der Waals surface area contributed by atoms with E-state index in [4.69, 9.17) is 18.9 Å². The summed E-state index contributed by atoms with van der Waals surface area (Å²) >= 11 is 16.9. The number of ether oxygens (including phenoxy) is 4. The first kappa shape index (κ1) is 112. The minimum atomic E-state index is -0.788. The zero-order chi connectivity index (χ0) is 104. The van der Waals surface area contributed by atoms with Gasteiger partial charge in [-0.1, -0.05) is 156 Å². The van der Waals surface area contributed by atoms with E-state index in [1.165, 1.54) is 19.2 Å². The maximum Gasteiger partial charge on any atom is 1.00 e. The number of hydrogen-bond acceptors (Lipinski definition) is 27. The summed E-state index contributed by atoms with van der Waals surface area (Å²) in [6.45, 7) is 18.1. The van der Waals surface area contributed by atoms with Crippen LogP contribution >= 0.6 is 99.9 Å². The van der Waals surface area contributed by atoms with Gasteiger partial charge in [0.05, 0.1) is 127 Å². The zero-order valence-electron chi connectivity index (χ0n) is 83.0. The molecule has 0 fully saturated rings. The van der Waals surface area contributed by atoms with Crippen molar-refractivity contribution in [3.05, 3.63) is 317 Å². The van der Waals surface area contributed by atoms with Crippen LogP contribution < -0.4 is 18.9 Å². The molecule has 0 aliphatic carbocycles. The van der Waals surface area contributed by atoms with E-state index in [0.29, 0.717) is 87.2 Å². The van der Waals surface area contributed by atoms with Gasteiger partial charge in [-0.05, 0) is 203 Å². The third-order valence-corrected chi connectivity index (χ3v) is 33.4. The number of aliphatic carboxylic acids is 2. The maximum absolute atomic E-state index is 12.0. The van der Waals surface area contributed by atoms with Crippen LogP contribution in [0.2, 0.25) is 0 Å². The average Bonchev–Trinajstić information content (AvgIpc) is 1.73. The molecule has 1 unspecified atom stereocenters. The first-order valence-corrected chi connectivity index (χ1v) is 54.0. The van der Waals surface area contributed by atoms with Crippen LogP contribution in [0.3, 0.4) is 0 Å². The Bertz CT molecular complexity index is 8160. The largest absolute Gasteiger partial charge is 1.00 e. The number of rotatable bonds is 26. The van der Waals surface area contributed by atoms with E-state index in [2.05, 4.69) is 110 Å². The van der Waals surface area contributed by atoms with Gasteiger partial charge in [-0.2, -0.15) is 21.0 Å². The number of carboxylic acid groups (broad SMARTS) is 2. The summed E-state index contributed by atoms with van der Waals surface area (Å²) in [7, 11) is 0. The average molecular weight is 2210 g/mol. The predicted molar refractivity (Wildman–Crippen MR) is 600 cm³/mol. The van der Waals surface area contributed by atoms with Crippen LogP contribution in [0.1, 0.15) is 120 Å². The van der Waals surface area contributed by atoms with Crippen molar-refractivity contribution in [2.45, 2.75) is 107 Å². The summed E-state index contributed by atoms with van der Waals surface area (Å²) in [5, 5.41) is 70.2. The molecule has 20 aromatic rings. The Balaban J connectivity index is 0.000000150. The normalized spacial score (nSPS) is 11.8. The van der Waals surface area contributed by atoms with Gasteiger partial charge < -0.3 is 34.6 Å². The molecule has 746 valence electrons. The molecule has 0 aliphatic rings.